The Morgan fingerprint density at radius 2 is 1.84 bits per heavy atom. The van der Waals surface area contributed by atoms with Crippen molar-refractivity contribution in [3.63, 3.8) is 0 Å². The number of nitrogens with zero attached hydrogens (tertiary/aromatic N) is 2. The van der Waals surface area contributed by atoms with E-state index < -0.39 is 10.0 Å². The number of ether oxygens (including phenoxy) is 1. The molecule has 2 aromatic carbocycles. The van der Waals surface area contributed by atoms with Gasteiger partial charge in [0, 0.05) is 25.2 Å². The first-order chi connectivity index (χ1) is 14.7. The van der Waals surface area contributed by atoms with Crippen molar-refractivity contribution >= 4 is 21.6 Å². The van der Waals surface area contributed by atoms with Crippen LogP contribution in [0, 0.1) is 12.8 Å². The highest BCUT2D eigenvalue weighted by molar-refractivity contribution is 7.92. The Bertz CT molecular complexity index is 1050. The number of amides is 1. The Morgan fingerprint density at radius 3 is 2.45 bits per heavy atom. The van der Waals surface area contributed by atoms with Crippen LogP contribution in [-0.2, 0) is 10.0 Å². The van der Waals surface area contributed by atoms with Crippen LogP contribution >= 0.6 is 0 Å². The highest BCUT2D eigenvalue weighted by Gasteiger charge is 2.34. The molecule has 1 amide bonds. The molecule has 168 valence electrons. The largest absolute Gasteiger partial charge is 0.495 e. The van der Waals surface area contributed by atoms with Crippen LogP contribution in [0.15, 0.2) is 47.4 Å². The molecule has 6 nitrogen and oxygen atoms in total. The van der Waals surface area contributed by atoms with Crippen LogP contribution in [0.4, 0.5) is 5.69 Å². The summed E-state index contributed by atoms with van der Waals surface area (Å²) in [5, 5.41) is 0. The Balaban J connectivity index is 1.95. The van der Waals surface area contributed by atoms with E-state index in [1.165, 1.54) is 24.5 Å². The predicted molar refractivity (Wildman–Crippen MR) is 123 cm³/mol. The molecule has 2 aromatic rings. The second-order valence-corrected chi connectivity index (χ2v) is 10.5. The van der Waals surface area contributed by atoms with Crippen molar-refractivity contribution in [1.29, 1.82) is 0 Å². The normalized spacial score (nSPS) is 13.9. The summed E-state index contributed by atoms with van der Waals surface area (Å²) in [6.45, 7) is 6.82. The van der Waals surface area contributed by atoms with Crippen molar-refractivity contribution in [3.8, 4) is 5.75 Å². The molecule has 0 aromatic heterocycles. The van der Waals surface area contributed by atoms with Crippen LogP contribution < -0.4 is 9.04 Å². The molecular formula is C24H32N2O4S. The first kappa shape index (κ1) is 23.1. The molecule has 0 saturated heterocycles. The third-order valence-corrected chi connectivity index (χ3v) is 7.49. The van der Waals surface area contributed by atoms with Crippen LogP contribution in [-0.4, -0.2) is 46.0 Å². The van der Waals surface area contributed by atoms with Gasteiger partial charge in [-0.15, -0.1) is 0 Å². The summed E-state index contributed by atoms with van der Waals surface area (Å²) in [6, 6.07) is 12.0. The molecule has 0 spiro atoms. The highest BCUT2D eigenvalue weighted by atomic mass is 32.2. The number of hydrogen-bond donors (Lipinski definition) is 0. The minimum absolute atomic E-state index is 0.0855. The van der Waals surface area contributed by atoms with E-state index in [9.17, 15) is 13.2 Å². The molecular weight excluding hydrogens is 412 g/mol. The Labute approximate surface area is 185 Å². The SMILES string of the molecule is COc1ccccc1N(C)S(=O)(=O)c1ccc(C)c(C(=O)N(CCC(C)C)C2CC2)c1. The summed E-state index contributed by atoms with van der Waals surface area (Å²) >= 11 is 0. The number of benzene rings is 2. The quantitative estimate of drug-likeness (QED) is 0.572. The molecule has 0 unspecified atom stereocenters. The number of carbonyl (C=O) groups excluding carboxylic acids is 1. The first-order valence-electron chi connectivity index (χ1n) is 10.7. The molecule has 0 heterocycles. The molecule has 0 radical (unpaired) electrons. The van der Waals surface area contributed by atoms with Crippen molar-refractivity contribution in [3.05, 3.63) is 53.6 Å². The van der Waals surface area contributed by atoms with E-state index in [0.717, 1.165) is 24.8 Å². The van der Waals surface area contributed by atoms with Gasteiger partial charge in [-0.3, -0.25) is 9.10 Å². The van der Waals surface area contributed by atoms with Crippen molar-refractivity contribution in [2.75, 3.05) is 25.0 Å². The maximum Gasteiger partial charge on any atom is 0.264 e. The van der Waals surface area contributed by atoms with Gasteiger partial charge in [-0.2, -0.15) is 0 Å². The fourth-order valence-electron chi connectivity index (χ4n) is 3.56. The number of para-hydroxylation sites is 2. The zero-order valence-electron chi connectivity index (χ0n) is 19.0. The van der Waals surface area contributed by atoms with E-state index >= 15 is 0 Å². The molecule has 1 aliphatic rings. The van der Waals surface area contributed by atoms with E-state index in [1.807, 2.05) is 11.8 Å². The molecule has 0 bridgehead atoms. The lowest BCUT2D eigenvalue weighted by Gasteiger charge is -2.25. The summed E-state index contributed by atoms with van der Waals surface area (Å²) in [7, 11) is -0.872. The number of anilines is 1. The van der Waals surface area contributed by atoms with Gasteiger partial charge in [-0.1, -0.05) is 32.0 Å². The highest BCUT2D eigenvalue weighted by Crippen LogP contribution is 2.33. The number of hydrogen-bond acceptors (Lipinski definition) is 4. The van der Waals surface area contributed by atoms with Gasteiger partial charge in [-0.05, 0) is 61.9 Å². The maximum atomic E-state index is 13.4. The van der Waals surface area contributed by atoms with Gasteiger partial charge >= 0.3 is 0 Å². The van der Waals surface area contributed by atoms with Crippen molar-refractivity contribution in [2.45, 2.75) is 51.0 Å². The van der Waals surface area contributed by atoms with Crippen LogP contribution in [0.3, 0.4) is 0 Å². The number of sulfonamides is 1. The van der Waals surface area contributed by atoms with Crippen molar-refractivity contribution in [1.82, 2.24) is 4.90 Å². The van der Waals surface area contributed by atoms with Gasteiger partial charge in [0.25, 0.3) is 15.9 Å². The molecule has 7 heteroatoms. The fraction of sp³-hybridized carbons (Fsp3) is 0.458. The second kappa shape index (κ2) is 9.30. The summed E-state index contributed by atoms with van der Waals surface area (Å²) < 4.78 is 33.2. The van der Waals surface area contributed by atoms with Gasteiger partial charge in [0.1, 0.15) is 5.75 Å². The summed E-state index contributed by atoms with van der Waals surface area (Å²) in [5.74, 6) is 0.875. The van der Waals surface area contributed by atoms with Gasteiger partial charge in [0.2, 0.25) is 0 Å². The minimum Gasteiger partial charge on any atom is -0.495 e. The van der Waals surface area contributed by atoms with E-state index in [2.05, 4.69) is 13.8 Å². The van der Waals surface area contributed by atoms with E-state index in [1.54, 1.807) is 36.4 Å². The van der Waals surface area contributed by atoms with E-state index in [4.69, 9.17) is 4.74 Å². The topological polar surface area (TPSA) is 66.9 Å². The summed E-state index contributed by atoms with van der Waals surface area (Å²) in [4.78, 5) is 15.4. The van der Waals surface area contributed by atoms with E-state index in [0.29, 0.717) is 29.5 Å². The number of rotatable bonds is 9. The predicted octanol–water partition coefficient (Wildman–Crippen LogP) is 4.48. The Kier molecular flexibility index (Phi) is 6.94. The summed E-state index contributed by atoms with van der Waals surface area (Å²) in [6.07, 6.45) is 2.95. The van der Waals surface area contributed by atoms with Crippen LogP contribution in [0.5, 0.6) is 5.75 Å². The minimum atomic E-state index is -3.87. The molecule has 3 rings (SSSR count). The smallest absolute Gasteiger partial charge is 0.264 e. The molecule has 1 fully saturated rings. The fourth-order valence-corrected chi connectivity index (χ4v) is 4.79. The zero-order chi connectivity index (χ0) is 22.8. The molecule has 1 aliphatic carbocycles. The number of methoxy groups -OCH3 is 1. The first-order valence-corrected chi connectivity index (χ1v) is 12.1. The maximum absolute atomic E-state index is 13.4. The average Bonchev–Trinajstić information content (AvgIpc) is 3.58. The molecule has 0 atom stereocenters. The lowest BCUT2D eigenvalue weighted by molar-refractivity contribution is 0.0734. The monoisotopic (exact) mass is 444 g/mol. The lowest BCUT2D eigenvalue weighted by Crippen LogP contribution is -2.35. The molecule has 31 heavy (non-hydrogen) atoms. The molecule has 0 N–H and O–H groups in total. The van der Waals surface area contributed by atoms with Crippen LogP contribution in [0.1, 0.15) is 49.0 Å². The second-order valence-electron chi connectivity index (χ2n) is 8.53. The Morgan fingerprint density at radius 1 is 1.16 bits per heavy atom. The van der Waals surface area contributed by atoms with Gasteiger partial charge in [0.05, 0.1) is 17.7 Å². The van der Waals surface area contributed by atoms with Gasteiger partial charge < -0.3 is 9.64 Å². The average molecular weight is 445 g/mol. The standard InChI is InChI=1S/C24H32N2O4S/c1-17(2)14-15-26(19-11-12-19)24(27)21-16-20(13-10-18(21)3)31(28,29)25(4)22-8-6-7-9-23(22)30-5/h6-10,13,16-17,19H,11-12,14-15H2,1-5H3. The molecule has 0 aliphatic heterocycles. The number of aryl methyl sites for hydroxylation is 1. The zero-order valence-corrected chi connectivity index (χ0v) is 19.8. The summed E-state index contributed by atoms with van der Waals surface area (Å²) in [5.41, 5.74) is 1.67. The van der Waals surface area contributed by atoms with Crippen molar-refractivity contribution < 1.29 is 17.9 Å². The van der Waals surface area contributed by atoms with Gasteiger partial charge in [-0.25, -0.2) is 8.42 Å². The third-order valence-electron chi connectivity index (χ3n) is 5.72. The Hall–Kier alpha value is -2.54. The third kappa shape index (κ3) is 5.03. The van der Waals surface area contributed by atoms with Crippen molar-refractivity contribution in [2.24, 2.45) is 5.92 Å². The van der Waals surface area contributed by atoms with Crippen LogP contribution in [0.2, 0.25) is 0 Å². The van der Waals surface area contributed by atoms with Crippen LogP contribution in [0.25, 0.3) is 0 Å². The lowest BCUT2D eigenvalue weighted by atomic mass is 10.1. The van der Waals surface area contributed by atoms with E-state index in [-0.39, 0.29) is 16.8 Å². The number of carbonyl (C=O) groups is 1. The molecule has 1 saturated carbocycles. The van der Waals surface area contributed by atoms with Gasteiger partial charge in [0.15, 0.2) is 0 Å².